The van der Waals surface area contributed by atoms with Crippen LogP contribution in [-0.2, 0) is 11.0 Å². The van der Waals surface area contributed by atoms with Gasteiger partial charge in [0.1, 0.15) is 5.75 Å². The molecule has 0 spiro atoms. The fourth-order valence-electron chi connectivity index (χ4n) is 3.19. The van der Waals surface area contributed by atoms with Crippen molar-refractivity contribution in [2.75, 3.05) is 0 Å². The van der Waals surface area contributed by atoms with Crippen molar-refractivity contribution in [2.24, 2.45) is 0 Å². The molecule has 1 N–H and O–H groups in total. The monoisotopic (exact) mass is 545 g/mol. The Labute approximate surface area is 216 Å². The Balaban J connectivity index is 1.60. The zero-order valence-electron chi connectivity index (χ0n) is 18.4. The molecule has 0 bridgehead atoms. The van der Waals surface area contributed by atoms with E-state index in [0.717, 1.165) is 22.8 Å². The van der Waals surface area contributed by atoms with E-state index in [9.17, 15) is 32.9 Å². The van der Waals surface area contributed by atoms with Gasteiger partial charge in [-0.05, 0) is 48.6 Å². The third-order valence-electron chi connectivity index (χ3n) is 4.95. The topological polar surface area (TPSA) is 102 Å². The smallest absolute Gasteiger partial charge is 0.416 e. The van der Waals surface area contributed by atoms with Crippen LogP contribution in [0.5, 0.6) is 11.5 Å². The number of nitro benzene ring substituents is 1. The van der Waals surface area contributed by atoms with Gasteiger partial charge in [-0.25, -0.2) is 0 Å². The lowest BCUT2D eigenvalue weighted by Gasteiger charge is -2.15. The van der Waals surface area contributed by atoms with Crippen molar-refractivity contribution >= 4 is 51.9 Å². The Morgan fingerprint density at radius 2 is 1.73 bits per heavy atom. The highest BCUT2D eigenvalue weighted by molar-refractivity contribution is 8.26. The third-order valence-corrected chi connectivity index (χ3v) is 6.25. The predicted octanol–water partition coefficient (Wildman–Crippen LogP) is 5.95. The molecule has 0 atom stereocenters. The van der Waals surface area contributed by atoms with Crippen molar-refractivity contribution in [3.8, 4) is 11.5 Å². The molecule has 3 aromatic carbocycles. The molecule has 1 fully saturated rings. The van der Waals surface area contributed by atoms with Gasteiger partial charge in [0.25, 0.3) is 11.8 Å². The molecule has 8 nitrogen and oxygen atoms in total. The Morgan fingerprint density at radius 1 is 1.05 bits per heavy atom. The summed E-state index contributed by atoms with van der Waals surface area (Å²) < 4.78 is 44.7. The minimum atomic E-state index is -4.77. The molecule has 188 valence electrons. The number of carbonyl (C=O) groups is 2. The number of carbonyl (C=O) groups excluding carboxylic acids is 2. The first-order valence-electron chi connectivity index (χ1n) is 10.3. The lowest BCUT2D eigenvalue weighted by atomic mass is 10.1. The Morgan fingerprint density at radius 3 is 2.41 bits per heavy atom. The summed E-state index contributed by atoms with van der Waals surface area (Å²) >= 11 is 6.13. The first-order valence-corrected chi connectivity index (χ1v) is 11.5. The van der Waals surface area contributed by atoms with E-state index in [4.69, 9.17) is 17.0 Å². The highest BCUT2D eigenvalue weighted by Gasteiger charge is 2.35. The number of nitrogens with zero attached hydrogens (tertiary/aromatic N) is 2. The van der Waals surface area contributed by atoms with Crippen molar-refractivity contribution in [3.63, 3.8) is 0 Å². The third kappa shape index (κ3) is 5.78. The summed E-state index contributed by atoms with van der Waals surface area (Å²) in [6.45, 7) is 0. The number of hydrazine groups is 1. The number of nitrogens with one attached hydrogen (secondary N) is 1. The van der Waals surface area contributed by atoms with E-state index in [1.807, 2.05) is 0 Å². The number of para-hydroxylation sites is 1. The van der Waals surface area contributed by atoms with Gasteiger partial charge in [0.2, 0.25) is 5.75 Å². The van der Waals surface area contributed by atoms with Crippen LogP contribution in [0.3, 0.4) is 0 Å². The van der Waals surface area contributed by atoms with Crippen LogP contribution in [0.1, 0.15) is 21.5 Å². The second-order valence-corrected chi connectivity index (χ2v) is 9.08. The van der Waals surface area contributed by atoms with Gasteiger partial charge in [-0.1, -0.05) is 48.2 Å². The molecule has 4 rings (SSSR count). The summed E-state index contributed by atoms with van der Waals surface area (Å²) in [4.78, 5) is 35.9. The van der Waals surface area contributed by atoms with Gasteiger partial charge in [-0.2, -0.15) is 18.2 Å². The molecule has 0 aromatic heterocycles. The van der Waals surface area contributed by atoms with Gasteiger partial charge in [0.15, 0.2) is 4.32 Å². The maximum atomic E-state index is 13.0. The van der Waals surface area contributed by atoms with E-state index in [2.05, 4.69) is 5.43 Å². The largest absolute Gasteiger partial charge is 0.449 e. The molecule has 13 heteroatoms. The molecule has 1 aliphatic heterocycles. The Kier molecular flexibility index (Phi) is 7.27. The van der Waals surface area contributed by atoms with Gasteiger partial charge in [0.05, 0.1) is 15.4 Å². The summed E-state index contributed by atoms with van der Waals surface area (Å²) in [7, 11) is 0. The predicted molar refractivity (Wildman–Crippen MR) is 134 cm³/mol. The molecule has 1 saturated heterocycles. The number of hydrogen-bond acceptors (Lipinski definition) is 7. The Hall–Kier alpha value is -4.23. The molecule has 3 aromatic rings. The standard InChI is InChI=1S/C24H14F3N3O5S2/c25-24(26,27)16-10-11-19(17(13-16)30(33)34)35-18-9-5-4-8-15(18)12-20-22(32)29(23(36)37-20)28-21(31)14-6-2-1-3-7-14/h1-13H,(H,28,31)/b20-12+. The van der Waals surface area contributed by atoms with Gasteiger partial charge in [-0.3, -0.25) is 25.1 Å². The molecule has 2 amide bonds. The average molecular weight is 546 g/mol. The van der Waals surface area contributed by atoms with Crippen LogP contribution in [0, 0.1) is 10.1 Å². The lowest BCUT2D eigenvalue weighted by Crippen LogP contribution is -2.44. The number of benzene rings is 3. The Bertz CT molecular complexity index is 1450. The van der Waals surface area contributed by atoms with E-state index in [-0.39, 0.29) is 15.0 Å². The number of rotatable bonds is 6. The first-order chi connectivity index (χ1) is 17.5. The molecular weight excluding hydrogens is 531 g/mol. The number of thiocarbonyl (C=S) groups is 1. The van der Waals surface area contributed by atoms with Crippen LogP contribution in [-0.4, -0.2) is 26.1 Å². The molecular formula is C24H14F3N3O5S2. The molecule has 0 radical (unpaired) electrons. The van der Waals surface area contributed by atoms with E-state index in [1.165, 1.54) is 12.1 Å². The maximum Gasteiger partial charge on any atom is 0.416 e. The highest BCUT2D eigenvalue weighted by Crippen LogP contribution is 2.39. The van der Waals surface area contributed by atoms with Crippen molar-refractivity contribution < 1.29 is 32.4 Å². The second kappa shape index (κ2) is 10.4. The van der Waals surface area contributed by atoms with Crippen LogP contribution in [0.2, 0.25) is 0 Å². The van der Waals surface area contributed by atoms with Crippen molar-refractivity contribution in [3.05, 3.63) is 105 Å². The van der Waals surface area contributed by atoms with Gasteiger partial charge in [-0.15, -0.1) is 0 Å². The van der Waals surface area contributed by atoms with Gasteiger partial charge in [0, 0.05) is 17.2 Å². The highest BCUT2D eigenvalue weighted by atomic mass is 32.2. The number of alkyl halides is 3. The summed E-state index contributed by atoms with van der Waals surface area (Å²) in [6, 6.07) is 16.2. The van der Waals surface area contributed by atoms with Crippen molar-refractivity contribution in [2.45, 2.75) is 6.18 Å². The molecule has 1 heterocycles. The van der Waals surface area contributed by atoms with Crippen LogP contribution < -0.4 is 10.2 Å². The normalized spacial score (nSPS) is 14.7. The number of amides is 2. The van der Waals surface area contributed by atoms with Crippen LogP contribution in [0.25, 0.3) is 6.08 Å². The fourth-order valence-corrected chi connectivity index (χ4v) is 4.37. The number of ether oxygens (including phenoxy) is 1. The first kappa shape index (κ1) is 25.9. The van der Waals surface area contributed by atoms with E-state index in [1.54, 1.807) is 48.5 Å². The fraction of sp³-hybridized carbons (Fsp3) is 0.0417. The summed E-state index contributed by atoms with van der Waals surface area (Å²) in [5.41, 5.74) is 0.992. The van der Waals surface area contributed by atoms with Gasteiger partial charge >= 0.3 is 11.9 Å². The minimum Gasteiger partial charge on any atom is -0.449 e. The number of hydrogen-bond donors (Lipinski definition) is 1. The van der Waals surface area contributed by atoms with Crippen molar-refractivity contribution in [1.82, 2.24) is 10.4 Å². The zero-order valence-corrected chi connectivity index (χ0v) is 20.0. The summed E-state index contributed by atoms with van der Waals surface area (Å²) in [5.74, 6) is -1.53. The number of nitro groups is 1. The van der Waals surface area contributed by atoms with E-state index < -0.39 is 39.9 Å². The second-order valence-electron chi connectivity index (χ2n) is 7.40. The van der Waals surface area contributed by atoms with Gasteiger partial charge < -0.3 is 4.74 Å². The van der Waals surface area contributed by atoms with Crippen LogP contribution in [0.15, 0.2) is 77.7 Å². The van der Waals surface area contributed by atoms with Crippen LogP contribution >= 0.6 is 24.0 Å². The lowest BCUT2D eigenvalue weighted by molar-refractivity contribution is -0.385. The molecule has 37 heavy (non-hydrogen) atoms. The number of thioether (sulfide) groups is 1. The quantitative estimate of drug-likeness (QED) is 0.177. The maximum absolute atomic E-state index is 13.0. The number of halogens is 3. The van der Waals surface area contributed by atoms with E-state index >= 15 is 0 Å². The zero-order chi connectivity index (χ0) is 26.7. The summed E-state index contributed by atoms with van der Waals surface area (Å²) in [5, 5.41) is 12.3. The average Bonchev–Trinajstić information content (AvgIpc) is 3.12. The SMILES string of the molecule is O=C(NN1C(=O)/C(=C\c2ccccc2Oc2ccc(C(F)(F)F)cc2[N+](=O)[O-])SC1=S)c1ccccc1. The summed E-state index contributed by atoms with van der Waals surface area (Å²) in [6.07, 6.45) is -3.37. The molecule has 1 aliphatic rings. The molecule has 0 aliphatic carbocycles. The molecule has 0 saturated carbocycles. The van der Waals surface area contributed by atoms with Crippen LogP contribution in [0.4, 0.5) is 18.9 Å². The minimum absolute atomic E-state index is 0.0453. The van der Waals surface area contributed by atoms with Crippen molar-refractivity contribution in [1.29, 1.82) is 0 Å². The molecule has 0 unspecified atom stereocenters. The van der Waals surface area contributed by atoms with E-state index in [0.29, 0.717) is 23.3 Å².